The molecule has 0 atom stereocenters. The highest BCUT2D eigenvalue weighted by Gasteiger charge is 2.18. The minimum atomic E-state index is -0.460. The molecule has 0 unspecified atom stereocenters. The number of aromatic nitrogens is 3. The van der Waals surface area contributed by atoms with Gasteiger partial charge in [0.25, 0.3) is 0 Å². The van der Waals surface area contributed by atoms with Crippen molar-refractivity contribution in [3.05, 3.63) is 22.3 Å². The van der Waals surface area contributed by atoms with Crippen LogP contribution in [0.5, 0.6) is 0 Å². The van der Waals surface area contributed by atoms with E-state index in [4.69, 9.17) is 4.74 Å². The summed E-state index contributed by atoms with van der Waals surface area (Å²) in [6.07, 6.45) is 0. The van der Waals surface area contributed by atoms with Crippen molar-refractivity contribution in [1.82, 2.24) is 14.8 Å². The van der Waals surface area contributed by atoms with Crippen LogP contribution in [0.2, 0.25) is 0 Å². The molecule has 0 aromatic carbocycles. The quantitative estimate of drug-likeness (QED) is 0.633. The molecule has 0 saturated carbocycles. The molecule has 7 nitrogen and oxygen atoms in total. The van der Waals surface area contributed by atoms with Gasteiger partial charge in [-0.1, -0.05) is 11.8 Å². The molecule has 2 aromatic rings. The lowest BCUT2D eigenvalue weighted by molar-refractivity contribution is -0.113. The van der Waals surface area contributed by atoms with Gasteiger partial charge in [0.1, 0.15) is 10.8 Å². The molecule has 1 amide bonds. The molecule has 0 bridgehead atoms. The van der Waals surface area contributed by atoms with Crippen molar-refractivity contribution < 1.29 is 14.3 Å². The number of rotatable bonds is 6. The monoisotopic (exact) mass is 354 g/mol. The Morgan fingerprint density at radius 2 is 2.13 bits per heavy atom. The summed E-state index contributed by atoms with van der Waals surface area (Å²) >= 11 is 2.66. The number of nitrogens with zero attached hydrogens (tertiary/aromatic N) is 3. The summed E-state index contributed by atoms with van der Waals surface area (Å²) < 4.78 is 6.66. The number of thioether (sulfide) groups is 1. The fourth-order valence-corrected chi connectivity index (χ4v) is 3.76. The largest absolute Gasteiger partial charge is 0.465 e. The average Bonchev–Trinajstić information content (AvgIpc) is 3.06. The average molecular weight is 354 g/mol. The van der Waals surface area contributed by atoms with E-state index in [0.29, 0.717) is 15.7 Å². The number of nitrogens with one attached hydrogen (secondary N) is 1. The number of esters is 1. The number of anilines is 1. The Morgan fingerprint density at radius 1 is 1.39 bits per heavy atom. The van der Waals surface area contributed by atoms with Crippen LogP contribution in [0, 0.1) is 13.8 Å². The highest BCUT2D eigenvalue weighted by molar-refractivity contribution is 7.99. The minimum absolute atomic E-state index is 0.190. The minimum Gasteiger partial charge on any atom is -0.465 e. The Labute approximate surface area is 142 Å². The number of hydrogen-bond acceptors (Lipinski definition) is 7. The van der Waals surface area contributed by atoms with E-state index < -0.39 is 5.97 Å². The lowest BCUT2D eigenvalue weighted by Gasteiger charge is -2.06. The number of carbonyl (C=O) groups excluding carboxylic acids is 2. The predicted octanol–water partition coefficient (Wildman–Crippen LogP) is 2.49. The van der Waals surface area contributed by atoms with Gasteiger partial charge in [-0.25, -0.2) is 4.79 Å². The lowest BCUT2D eigenvalue weighted by Crippen LogP contribution is -2.16. The molecule has 0 aliphatic carbocycles. The normalized spacial score (nSPS) is 10.6. The van der Waals surface area contributed by atoms with Gasteiger partial charge in [-0.3, -0.25) is 4.79 Å². The molecular weight excluding hydrogens is 336 g/mol. The maximum Gasteiger partial charge on any atom is 0.340 e. The van der Waals surface area contributed by atoms with Crippen molar-refractivity contribution in [3.63, 3.8) is 0 Å². The van der Waals surface area contributed by atoms with Crippen molar-refractivity contribution in [3.8, 4) is 0 Å². The third kappa shape index (κ3) is 4.11. The van der Waals surface area contributed by atoms with Gasteiger partial charge >= 0.3 is 5.97 Å². The third-order valence-corrected chi connectivity index (χ3v) is 5.00. The lowest BCUT2D eigenvalue weighted by atomic mass is 10.3. The van der Waals surface area contributed by atoms with E-state index in [1.807, 2.05) is 25.3 Å². The molecule has 2 rings (SSSR count). The van der Waals surface area contributed by atoms with Crippen molar-refractivity contribution in [2.75, 3.05) is 18.2 Å². The van der Waals surface area contributed by atoms with Crippen LogP contribution in [-0.2, 0) is 16.1 Å². The second-order valence-electron chi connectivity index (χ2n) is 4.70. The number of amides is 1. The van der Waals surface area contributed by atoms with Crippen LogP contribution in [0.3, 0.4) is 0 Å². The molecule has 0 aliphatic heterocycles. The number of aryl methyl sites for hydroxylation is 2. The first-order chi connectivity index (χ1) is 11.0. The van der Waals surface area contributed by atoms with Crippen molar-refractivity contribution in [2.45, 2.75) is 32.5 Å². The Morgan fingerprint density at radius 3 is 2.78 bits per heavy atom. The standard InChI is InChI=1S/C14H18N4O3S2/c1-5-18-9(3)16-17-14(18)22-7-11(19)15-12-10(13(20)21-4)6-8(2)23-12/h6H,5,7H2,1-4H3,(H,15,19). The summed E-state index contributed by atoms with van der Waals surface area (Å²) in [6, 6.07) is 1.70. The van der Waals surface area contributed by atoms with Crippen LogP contribution in [0.15, 0.2) is 11.2 Å². The van der Waals surface area contributed by atoms with Crippen LogP contribution in [0.25, 0.3) is 0 Å². The molecule has 124 valence electrons. The van der Waals surface area contributed by atoms with Crippen molar-refractivity contribution in [2.24, 2.45) is 0 Å². The smallest absolute Gasteiger partial charge is 0.340 e. The van der Waals surface area contributed by atoms with Gasteiger partial charge < -0.3 is 14.6 Å². The summed E-state index contributed by atoms with van der Waals surface area (Å²) in [5.74, 6) is 0.344. The first-order valence-corrected chi connectivity index (χ1v) is 8.77. The second kappa shape index (κ2) is 7.60. The number of ether oxygens (including phenoxy) is 1. The molecule has 2 aromatic heterocycles. The van der Waals surface area contributed by atoms with Crippen LogP contribution in [0.1, 0.15) is 28.0 Å². The van der Waals surface area contributed by atoms with E-state index in [-0.39, 0.29) is 11.7 Å². The third-order valence-electron chi connectivity index (χ3n) is 3.06. The van der Waals surface area contributed by atoms with Crippen molar-refractivity contribution >= 4 is 40.0 Å². The molecule has 0 saturated heterocycles. The van der Waals surface area contributed by atoms with E-state index >= 15 is 0 Å². The number of methoxy groups -OCH3 is 1. The van der Waals surface area contributed by atoms with Gasteiger partial charge in [0, 0.05) is 11.4 Å². The zero-order valence-electron chi connectivity index (χ0n) is 13.4. The molecular formula is C14H18N4O3S2. The Bertz CT molecular complexity index is 724. The van der Waals surface area contributed by atoms with Crippen LogP contribution in [-0.4, -0.2) is 39.5 Å². The zero-order valence-corrected chi connectivity index (χ0v) is 15.0. The predicted molar refractivity (Wildman–Crippen MR) is 90.2 cm³/mol. The highest BCUT2D eigenvalue weighted by Crippen LogP contribution is 2.28. The molecule has 1 N–H and O–H groups in total. The summed E-state index contributed by atoms with van der Waals surface area (Å²) in [5, 5.41) is 12.0. The first-order valence-electron chi connectivity index (χ1n) is 6.97. The van der Waals surface area contributed by atoms with E-state index in [1.54, 1.807) is 6.07 Å². The fourth-order valence-electron chi connectivity index (χ4n) is 1.99. The maximum absolute atomic E-state index is 12.1. The molecule has 9 heteroatoms. The first kappa shape index (κ1) is 17.5. The Balaban J connectivity index is 2.01. The maximum atomic E-state index is 12.1. The summed E-state index contributed by atoms with van der Waals surface area (Å²) in [6.45, 7) is 6.49. The van der Waals surface area contributed by atoms with Gasteiger partial charge in [0.05, 0.1) is 18.4 Å². The fraction of sp³-hybridized carbons (Fsp3) is 0.429. The number of thiophene rings is 1. The SMILES string of the molecule is CCn1c(C)nnc1SCC(=O)Nc1sc(C)cc1C(=O)OC. The number of carbonyl (C=O) groups is 2. The molecule has 2 heterocycles. The molecule has 0 aliphatic rings. The summed E-state index contributed by atoms with van der Waals surface area (Å²) in [7, 11) is 1.32. The highest BCUT2D eigenvalue weighted by atomic mass is 32.2. The summed E-state index contributed by atoms with van der Waals surface area (Å²) in [4.78, 5) is 24.8. The van der Waals surface area contributed by atoms with Gasteiger partial charge in [0.2, 0.25) is 5.91 Å². The van der Waals surface area contributed by atoms with Crippen molar-refractivity contribution in [1.29, 1.82) is 0 Å². The second-order valence-corrected chi connectivity index (χ2v) is 6.90. The summed E-state index contributed by atoms with van der Waals surface area (Å²) in [5.41, 5.74) is 0.376. The van der Waals surface area contributed by atoms with Gasteiger partial charge in [-0.15, -0.1) is 21.5 Å². The van der Waals surface area contributed by atoms with E-state index in [0.717, 1.165) is 17.2 Å². The van der Waals surface area contributed by atoms with Crippen LogP contribution < -0.4 is 5.32 Å². The van der Waals surface area contributed by atoms with E-state index in [2.05, 4.69) is 15.5 Å². The van der Waals surface area contributed by atoms with Gasteiger partial charge in [0.15, 0.2) is 5.16 Å². The van der Waals surface area contributed by atoms with E-state index in [1.165, 1.54) is 30.2 Å². The Hall–Kier alpha value is -1.87. The van der Waals surface area contributed by atoms with Crippen LogP contribution in [0.4, 0.5) is 5.00 Å². The zero-order chi connectivity index (χ0) is 17.0. The molecule has 0 radical (unpaired) electrons. The van der Waals surface area contributed by atoms with Gasteiger partial charge in [-0.05, 0) is 26.8 Å². The van der Waals surface area contributed by atoms with E-state index in [9.17, 15) is 9.59 Å². The molecule has 0 fully saturated rings. The topological polar surface area (TPSA) is 86.1 Å². The molecule has 0 spiro atoms. The van der Waals surface area contributed by atoms with Gasteiger partial charge in [-0.2, -0.15) is 0 Å². The Kier molecular flexibility index (Phi) is 5.78. The molecule has 23 heavy (non-hydrogen) atoms. The van der Waals surface area contributed by atoms with Crippen LogP contribution >= 0.6 is 23.1 Å². The number of hydrogen-bond donors (Lipinski definition) is 1.